The highest BCUT2D eigenvalue weighted by atomic mass is 15.1. The first-order chi connectivity index (χ1) is 6.68. The Morgan fingerprint density at radius 2 is 2.29 bits per heavy atom. The first kappa shape index (κ1) is 10.2. The van der Waals surface area contributed by atoms with E-state index < -0.39 is 0 Å². The molecule has 2 rings (SSSR count). The van der Waals surface area contributed by atoms with E-state index in [0.717, 1.165) is 6.54 Å². The fourth-order valence-electron chi connectivity index (χ4n) is 2.44. The molecule has 14 heavy (non-hydrogen) atoms. The van der Waals surface area contributed by atoms with Crippen LogP contribution in [0.5, 0.6) is 0 Å². The minimum atomic E-state index is 0.203. The number of nitrogens with two attached hydrogens (primary N) is 1. The zero-order valence-electron chi connectivity index (χ0n) is 9.26. The Morgan fingerprint density at radius 1 is 1.50 bits per heavy atom. The molecule has 0 radical (unpaired) electrons. The second-order valence-corrected chi connectivity index (χ2v) is 5.08. The van der Waals surface area contributed by atoms with Crippen molar-refractivity contribution in [1.29, 1.82) is 0 Å². The van der Waals surface area contributed by atoms with Crippen molar-refractivity contribution >= 4 is 0 Å². The van der Waals surface area contributed by atoms with Crippen LogP contribution in [0, 0.1) is 0 Å². The molecule has 2 aliphatic rings. The molecule has 0 spiro atoms. The van der Waals surface area contributed by atoms with Crippen molar-refractivity contribution < 1.29 is 0 Å². The van der Waals surface area contributed by atoms with Crippen LogP contribution >= 0.6 is 0 Å². The summed E-state index contributed by atoms with van der Waals surface area (Å²) in [5.41, 5.74) is 7.94. The average molecular weight is 194 g/mol. The molecule has 1 fully saturated rings. The molecular weight excluding hydrogens is 172 g/mol. The van der Waals surface area contributed by atoms with Crippen molar-refractivity contribution in [1.82, 2.24) is 4.90 Å². The average Bonchev–Trinajstić information content (AvgIpc) is 2.12. The smallest absolute Gasteiger partial charge is 0.0190 e. The van der Waals surface area contributed by atoms with Gasteiger partial charge >= 0.3 is 0 Å². The van der Waals surface area contributed by atoms with Gasteiger partial charge in [-0.2, -0.15) is 0 Å². The predicted molar refractivity (Wildman–Crippen MR) is 60.2 cm³/mol. The monoisotopic (exact) mass is 194 g/mol. The summed E-state index contributed by atoms with van der Waals surface area (Å²) in [6.07, 6.45) is 8.61. The summed E-state index contributed by atoms with van der Waals surface area (Å²) in [5, 5.41) is 0. The van der Waals surface area contributed by atoms with Crippen molar-refractivity contribution in [3.8, 4) is 0 Å². The molecule has 1 saturated carbocycles. The van der Waals surface area contributed by atoms with Gasteiger partial charge in [0.2, 0.25) is 0 Å². The molecule has 0 amide bonds. The number of nitrogens with zero attached hydrogens (tertiary/aromatic N) is 1. The third kappa shape index (κ3) is 2.37. The Hall–Kier alpha value is -0.340. The van der Waals surface area contributed by atoms with Crippen molar-refractivity contribution in [3.05, 3.63) is 11.6 Å². The van der Waals surface area contributed by atoms with Gasteiger partial charge in [-0.3, -0.25) is 4.90 Å². The number of hydrogen-bond donors (Lipinski definition) is 1. The van der Waals surface area contributed by atoms with Gasteiger partial charge in [0.15, 0.2) is 0 Å². The molecule has 2 heteroatoms. The summed E-state index contributed by atoms with van der Waals surface area (Å²) < 4.78 is 0. The fraction of sp³-hybridized carbons (Fsp3) is 0.833. The van der Waals surface area contributed by atoms with Crippen LogP contribution in [0.25, 0.3) is 0 Å². The zero-order valence-corrected chi connectivity index (χ0v) is 9.26. The lowest BCUT2D eigenvalue weighted by molar-refractivity contribution is 0.185. The predicted octanol–water partition coefficient (Wildman–Crippen LogP) is 1.91. The van der Waals surface area contributed by atoms with Crippen molar-refractivity contribution in [2.24, 2.45) is 5.73 Å². The number of hydrogen-bond acceptors (Lipinski definition) is 2. The van der Waals surface area contributed by atoms with Crippen LogP contribution in [0.1, 0.15) is 39.0 Å². The Morgan fingerprint density at radius 3 is 2.86 bits per heavy atom. The van der Waals surface area contributed by atoms with E-state index in [1.54, 1.807) is 0 Å². The lowest BCUT2D eigenvalue weighted by atomic mass is 9.75. The zero-order chi connectivity index (χ0) is 10.0. The maximum Gasteiger partial charge on any atom is 0.0190 e. The van der Waals surface area contributed by atoms with Gasteiger partial charge in [0, 0.05) is 25.2 Å². The Bertz CT molecular complexity index is 228. The van der Waals surface area contributed by atoms with Crippen molar-refractivity contribution in [2.75, 3.05) is 19.6 Å². The molecule has 0 aromatic carbocycles. The highest BCUT2D eigenvalue weighted by molar-refractivity contribution is 5.05. The summed E-state index contributed by atoms with van der Waals surface area (Å²) in [6.45, 7) is 5.82. The Labute approximate surface area is 87.2 Å². The van der Waals surface area contributed by atoms with Gasteiger partial charge in [0.25, 0.3) is 0 Å². The molecule has 0 aromatic heterocycles. The second kappa shape index (κ2) is 4.03. The van der Waals surface area contributed by atoms with Gasteiger partial charge in [0.05, 0.1) is 0 Å². The normalized spacial score (nSPS) is 26.9. The number of rotatable bonds is 3. The first-order valence-electron chi connectivity index (χ1n) is 5.85. The molecule has 1 aliphatic heterocycles. The molecule has 0 saturated heterocycles. The molecule has 2 nitrogen and oxygen atoms in total. The van der Waals surface area contributed by atoms with Gasteiger partial charge in [-0.25, -0.2) is 0 Å². The van der Waals surface area contributed by atoms with E-state index in [1.807, 2.05) is 0 Å². The molecule has 0 atom stereocenters. The van der Waals surface area contributed by atoms with E-state index in [2.05, 4.69) is 17.9 Å². The molecule has 0 aromatic rings. The van der Waals surface area contributed by atoms with Crippen LogP contribution in [0.3, 0.4) is 0 Å². The van der Waals surface area contributed by atoms with Gasteiger partial charge in [0.1, 0.15) is 0 Å². The van der Waals surface area contributed by atoms with Crippen LogP contribution < -0.4 is 5.73 Å². The fourth-order valence-corrected chi connectivity index (χ4v) is 2.44. The summed E-state index contributed by atoms with van der Waals surface area (Å²) in [5.74, 6) is 0. The Balaban J connectivity index is 1.73. The molecule has 1 aliphatic carbocycles. The van der Waals surface area contributed by atoms with E-state index in [9.17, 15) is 0 Å². The summed E-state index contributed by atoms with van der Waals surface area (Å²) >= 11 is 0. The van der Waals surface area contributed by atoms with E-state index in [1.165, 1.54) is 50.8 Å². The van der Waals surface area contributed by atoms with Gasteiger partial charge in [-0.1, -0.05) is 11.6 Å². The van der Waals surface area contributed by atoms with E-state index >= 15 is 0 Å². The maximum absolute atomic E-state index is 6.21. The summed E-state index contributed by atoms with van der Waals surface area (Å²) in [6, 6.07) is 0. The highest BCUT2D eigenvalue weighted by Gasteiger charge is 2.32. The lowest BCUT2D eigenvalue weighted by Gasteiger charge is -2.40. The lowest BCUT2D eigenvalue weighted by Crippen LogP contribution is -2.49. The van der Waals surface area contributed by atoms with E-state index in [0.29, 0.717) is 0 Å². The van der Waals surface area contributed by atoms with Gasteiger partial charge in [-0.05, 0) is 39.0 Å². The molecular formula is C12H22N2. The van der Waals surface area contributed by atoms with Gasteiger partial charge < -0.3 is 5.73 Å². The molecule has 80 valence electrons. The van der Waals surface area contributed by atoms with Crippen LogP contribution in [0.15, 0.2) is 11.6 Å². The highest BCUT2D eigenvalue weighted by Crippen LogP contribution is 2.32. The summed E-state index contributed by atoms with van der Waals surface area (Å²) in [7, 11) is 0. The van der Waals surface area contributed by atoms with Crippen molar-refractivity contribution in [3.63, 3.8) is 0 Å². The first-order valence-corrected chi connectivity index (χ1v) is 5.85. The third-order valence-corrected chi connectivity index (χ3v) is 3.69. The minimum Gasteiger partial charge on any atom is -0.325 e. The Kier molecular flexibility index (Phi) is 2.93. The topological polar surface area (TPSA) is 29.3 Å². The van der Waals surface area contributed by atoms with E-state index in [-0.39, 0.29) is 5.54 Å². The van der Waals surface area contributed by atoms with Crippen LogP contribution in [0.4, 0.5) is 0 Å². The quantitative estimate of drug-likeness (QED) is 0.695. The molecule has 2 N–H and O–H groups in total. The maximum atomic E-state index is 6.21. The standard InChI is InChI=1S/C12H22N2/c1-11-4-2-8-14(10-11)9-7-12(13)5-3-6-12/h4H,2-3,5-10,13H2,1H3. The van der Waals surface area contributed by atoms with Crippen molar-refractivity contribution in [2.45, 2.75) is 44.6 Å². The SMILES string of the molecule is CC1=CCCN(CCC2(N)CCC2)C1. The van der Waals surface area contributed by atoms with Crippen LogP contribution in [-0.2, 0) is 0 Å². The largest absolute Gasteiger partial charge is 0.325 e. The molecule has 1 heterocycles. The van der Waals surface area contributed by atoms with E-state index in [4.69, 9.17) is 5.73 Å². The molecule has 0 unspecified atom stereocenters. The summed E-state index contributed by atoms with van der Waals surface area (Å²) in [4.78, 5) is 2.54. The minimum absolute atomic E-state index is 0.203. The third-order valence-electron chi connectivity index (χ3n) is 3.69. The van der Waals surface area contributed by atoms with Gasteiger partial charge in [-0.15, -0.1) is 0 Å². The van der Waals surface area contributed by atoms with Crippen LogP contribution in [0.2, 0.25) is 0 Å². The molecule has 0 bridgehead atoms. The second-order valence-electron chi connectivity index (χ2n) is 5.08. The van der Waals surface area contributed by atoms with Crippen LogP contribution in [-0.4, -0.2) is 30.1 Å².